The third kappa shape index (κ3) is 2.69. The van der Waals surface area contributed by atoms with Crippen molar-refractivity contribution >= 4 is 11.9 Å². The minimum Gasteiger partial charge on any atom is -0.481 e. The van der Waals surface area contributed by atoms with E-state index in [9.17, 15) is 19.5 Å². The molecule has 7 nitrogen and oxygen atoms in total. The van der Waals surface area contributed by atoms with Gasteiger partial charge in [0.1, 0.15) is 11.0 Å². The minimum absolute atomic E-state index is 0.000221. The van der Waals surface area contributed by atoms with Crippen molar-refractivity contribution in [1.82, 2.24) is 10.3 Å². The van der Waals surface area contributed by atoms with Crippen LogP contribution >= 0.6 is 0 Å². The van der Waals surface area contributed by atoms with Gasteiger partial charge in [-0.1, -0.05) is 0 Å². The number of carbonyl (C=O) groups is 2. The lowest BCUT2D eigenvalue weighted by Gasteiger charge is -2.25. The fraction of sp³-hybridized carbons (Fsp3) is 0.500. The molecular formula is C14H18N2O5. The predicted octanol–water partition coefficient (Wildman–Crippen LogP) is 0.211. The van der Waals surface area contributed by atoms with Crippen molar-refractivity contribution in [2.24, 2.45) is 5.41 Å². The molecule has 2 atom stereocenters. The number of H-pyrrole nitrogens is 1. The number of ether oxygens (including phenoxy) is 1. The second-order valence-corrected chi connectivity index (χ2v) is 5.60. The number of nitrogens with one attached hydrogen (secondary N) is 2. The molecule has 2 rings (SSSR count). The molecule has 0 saturated carbocycles. The Morgan fingerprint density at radius 1 is 1.48 bits per heavy atom. The van der Waals surface area contributed by atoms with Gasteiger partial charge < -0.3 is 20.1 Å². The van der Waals surface area contributed by atoms with Gasteiger partial charge in [0.05, 0.1) is 19.3 Å². The van der Waals surface area contributed by atoms with E-state index in [-0.39, 0.29) is 18.8 Å². The minimum atomic E-state index is -1.19. The van der Waals surface area contributed by atoms with Gasteiger partial charge in [-0.15, -0.1) is 0 Å². The van der Waals surface area contributed by atoms with E-state index in [4.69, 9.17) is 4.74 Å². The van der Waals surface area contributed by atoms with E-state index < -0.39 is 28.9 Å². The SMILES string of the molecule is Cc1cc(C)c(C(=O)NC2COCC2(C)C(=O)O)c(=O)[nH]1. The summed E-state index contributed by atoms with van der Waals surface area (Å²) in [6.07, 6.45) is 0. The molecule has 1 fully saturated rings. The van der Waals surface area contributed by atoms with E-state index >= 15 is 0 Å². The second kappa shape index (κ2) is 5.33. The van der Waals surface area contributed by atoms with Crippen LogP contribution in [0.5, 0.6) is 0 Å². The first kappa shape index (κ1) is 15.2. The Kier molecular flexibility index (Phi) is 3.87. The Labute approximate surface area is 121 Å². The Morgan fingerprint density at radius 2 is 2.14 bits per heavy atom. The smallest absolute Gasteiger partial charge is 0.313 e. The third-order valence-corrected chi connectivity index (χ3v) is 3.84. The van der Waals surface area contributed by atoms with Gasteiger partial charge in [0.2, 0.25) is 0 Å². The summed E-state index contributed by atoms with van der Waals surface area (Å²) in [6.45, 7) is 5.04. The van der Waals surface area contributed by atoms with Crippen molar-refractivity contribution in [2.45, 2.75) is 26.8 Å². The topological polar surface area (TPSA) is 108 Å². The standard InChI is InChI=1S/C14H18N2O5/c1-7-4-8(2)15-11(17)10(7)12(18)16-9-5-21-6-14(9,3)13(19)20/h4,9H,5-6H2,1-3H3,(H,15,17)(H,16,18)(H,19,20). The number of aromatic amines is 1. The molecule has 21 heavy (non-hydrogen) atoms. The lowest BCUT2D eigenvalue weighted by atomic mass is 9.85. The monoisotopic (exact) mass is 294 g/mol. The highest BCUT2D eigenvalue weighted by molar-refractivity contribution is 5.96. The molecule has 2 unspecified atom stereocenters. The van der Waals surface area contributed by atoms with Gasteiger partial charge >= 0.3 is 5.97 Å². The van der Waals surface area contributed by atoms with Gasteiger partial charge in [-0.3, -0.25) is 14.4 Å². The summed E-state index contributed by atoms with van der Waals surface area (Å²) in [5, 5.41) is 11.9. The van der Waals surface area contributed by atoms with Crippen LogP contribution in [0.25, 0.3) is 0 Å². The summed E-state index contributed by atoms with van der Waals surface area (Å²) in [6, 6.07) is 1.01. The maximum absolute atomic E-state index is 12.3. The molecule has 1 aliphatic heterocycles. The number of rotatable bonds is 3. The molecular weight excluding hydrogens is 276 g/mol. The number of aromatic nitrogens is 1. The van der Waals surface area contributed by atoms with E-state index in [2.05, 4.69) is 10.3 Å². The van der Waals surface area contributed by atoms with E-state index in [0.29, 0.717) is 11.3 Å². The van der Waals surface area contributed by atoms with Crippen molar-refractivity contribution in [3.8, 4) is 0 Å². The molecule has 3 N–H and O–H groups in total. The van der Waals surface area contributed by atoms with Crippen LogP contribution in [-0.4, -0.2) is 41.2 Å². The van der Waals surface area contributed by atoms with Crippen molar-refractivity contribution in [1.29, 1.82) is 0 Å². The van der Waals surface area contributed by atoms with Gasteiger partial charge in [-0.2, -0.15) is 0 Å². The maximum Gasteiger partial charge on any atom is 0.313 e. The third-order valence-electron chi connectivity index (χ3n) is 3.84. The Balaban J connectivity index is 2.27. The number of carbonyl (C=O) groups excluding carboxylic acids is 1. The van der Waals surface area contributed by atoms with Crippen LogP contribution in [0.15, 0.2) is 10.9 Å². The Hall–Kier alpha value is -2.15. The van der Waals surface area contributed by atoms with Gasteiger partial charge in [0, 0.05) is 5.69 Å². The average molecular weight is 294 g/mol. The molecule has 114 valence electrons. The van der Waals surface area contributed by atoms with Gasteiger partial charge in [0.25, 0.3) is 11.5 Å². The van der Waals surface area contributed by atoms with Crippen LogP contribution in [-0.2, 0) is 9.53 Å². The highest BCUT2D eigenvalue weighted by Gasteiger charge is 2.47. The predicted molar refractivity (Wildman–Crippen MR) is 74.4 cm³/mol. The zero-order chi connectivity index (χ0) is 15.8. The molecule has 0 bridgehead atoms. The Morgan fingerprint density at radius 3 is 2.71 bits per heavy atom. The van der Waals surface area contributed by atoms with Gasteiger partial charge in [0.15, 0.2) is 0 Å². The summed E-state index contributed by atoms with van der Waals surface area (Å²) in [5.74, 6) is -1.63. The molecule has 1 amide bonds. The fourth-order valence-electron chi connectivity index (χ4n) is 2.45. The lowest BCUT2D eigenvalue weighted by molar-refractivity contribution is -0.148. The van der Waals surface area contributed by atoms with Crippen LogP contribution in [0.3, 0.4) is 0 Å². The number of carboxylic acid groups (broad SMARTS) is 1. The summed E-state index contributed by atoms with van der Waals surface area (Å²) >= 11 is 0. The molecule has 0 radical (unpaired) electrons. The first-order valence-electron chi connectivity index (χ1n) is 6.58. The summed E-state index contributed by atoms with van der Waals surface area (Å²) < 4.78 is 5.17. The maximum atomic E-state index is 12.3. The summed E-state index contributed by atoms with van der Waals surface area (Å²) in [7, 11) is 0. The first-order chi connectivity index (χ1) is 9.75. The highest BCUT2D eigenvalue weighted by atomic mass is 16.5. The second-order valence-electron chi connectivity index (χ2n) is 5.60. The van der Waals surface area contributed by atoms with Crippen LogP contribution in [0.4, 0.5) is 0 Å². The number of hydrogen-bond donors (Lipinski definition) is 3. The van der Waals surface area contributed by atoms with Gasteiger partial charge in [-0.25, -0.2) is 0 Å². The molecule has 1 aliphatic rings. The van der Waals surface area contributed by atoms with E-state index in [0.717, 1.165) is 0 Å². The van der Waals surface area contributed by atoms with Crippen LogP contribution in [0.2, 0.25) is 0 Å². The molecule has 0 aliphatic carbocycles. The molecule has 2 heterocycles. The molecule has 1 aromatic rings. The summed E-state index contributed by atoms with van der Waals surface area (Å²) in [4.78, 5) is 38.1. The lowest BCUT2D eigenvalue weighted by Crippen LogP contribution is -2.50. The molecule has 1 aromatic heterocycles. The zero-order valence-corrected chi connectivity index (χ0v) is 12.1. The Bertz CT molecular complexity index is 651. The average Bonchev–Trinajstić information content (AvgIpc) is 2.71. The number of carboxylic acids is 1. The highest BCUT2D eigenvalue weighted by Crippen LogP contribution is 2.28. The fourth-order valence-corrected chi connectivity index (χ4v) is 2.45. The van der Waals surface area contributed by atoms with Crippen molar-refractivity contribution in [2.75, 3.05) is 13.2 Å². The number of hydrogen-bond acceptors (Lipinski definition) is 4. The largest absolute Gasteiger partial charge is 0.481 e. The molecule has 1 saturated heterocycles. The van der Waals surface area contributed by atoms with Crippen LogP contribution < -0.4 is 10.9 Å². The van der Waals surface area contributed by atoms with Crippen molar-refractivity contribution < 1.29 is 19.4 Å². The number of amides is 1. The van der Waals surface area contributed by atoms with Crippen LogP contribution in [0, 0.1) is 19.3 Å². The normalized spacial score (nSPS) is 24.8. The van der Waals surface area contributed by atoms with Crippen molar-refractivity contribution in [3.63, 3.8) is 0 Å². The first-order valence-corrected chi connectivity index (χ1v) is 6.58. The number of aliphatic carboxylic acids is 1. The zero-order valence-electron chi connectivity index (χ0n) is 12.1. The van der Waals surface area contributed by atoms with Gasteiger partial charge in [-0.05, 0) is 32.4 Å². The molecule has 7 heteroatoms. The van der Waals surface area contributed by atoms with E-state index in [1.165, 1.54) is 6.92 Å². The van der Waals surface area contributed by atoms with E-state index in [1.54, 1.807) is 19.9 Å². The van der Waals surface area contributed by atoms with E-state index in [1.807, 2.05) is 0 Å². The summed E-state index contributed by atoms with van der Waals surface area (Å²) in [5.41, 5.74) is -0.472. The molecule has 0 aromatic carbocycles. The molecule has 0 spiro atoms. The van der Waals surface area contributed by atoms with Crippen molar-refractivity contribution in [3.05, 3.63) is 33.2 Å². The quantitative estimate of drug-likeness (QED) is 0.738. The number of pyridine rings is 1. The van der Waals surface area contributed by atoms with Crippen LogP contribution in [0.1, 0.15) is 28.5 Å². The number of aryl methyl sites for hydroxylation is 2.